The van der Waals surface area contributed by atoms with Gasteiger partial charge in [-0.3, -0.25) is 0 Å². The van der Waals surface area contributed by atoms with E-state index >= 15 is 0 Å². The molecule has 6 heteroatoms. The fraction of sp³-hybridized carbons (Fsp3) is 0.333. The lowest BCUT2D eigenvalue weighted by Crippen LogP contribution is -2.29. The second-order valence-electron chi connectivity index (χ2n) is 4.61. The van der Waals surface area contributed by atoms with Gasteiger partial charge in [0, 0.05) is 11.4 Å². The second kappa shape index (κ2) is 6.78. The molecule has 1 aliphatic carbocycles. The maximum Gasteiger partial charge on any atom is 0.335 e. The van der Waals surface area contributed by atoms with Gasteiger partial charge < -0.3 is 20.1 Å². The van der Waals surface area contributed by atoms with Crippen LogP contribution < -0.4 is 15.4 Å². The van der Waals surface area contributed by atoms with Crippen LogP contribution in [0.5, 0.6) is 5.75 Å². The van der Waals surface area contributed by atoms with Gasteiger partial charge in [0.15, 0.2) is 0 Å². The number of methoxy groups -OCH3 is 2. The average molecular weight is 290 g/mol. The molecule has 0 unspecified atom stereocenters. The van der Waals surface area contributed by atoms with Gasteiger partial charge >= 0.3 is 12.0 Å². The van der Waals surface area contributed by atoms with Crippen LogP contribution in [-0.2, 0) is 9.53 Å². The van der Waals surface area contributed by atoms with Crippen molar-refractivity contribution < 1.29 is 19.1 Å². The third-order valence-corrected chi connectivity index (χ3v) is 3.26. The first-order valence-corrected chi connectivity index (χ1v) is 6.66. The van der Waals surface area contributed by atoms with Gasteiger partial charge in [-0.05, 0) is 43.5 Å². The van der Waals surface area contributed by atoms with Gasteiger partial charge in [0.05, 0.1) is 19.8 Å². The van der Waals surface area contributed by atoms with Crippen molar-refractivity contribution in [2.45, 2.75) is 19.3 Å². The van der Waals surface area contributed by atoms with E-state index < -0.39 is 0 Å². The standard InChI is InChI=1S/C15H18N2O4/c1-20-11-8-6-10(7-9-11)16-15(19)17-13-5-3-4-12(13)14(18)21-2/h6-9H,3-5H2,1-2H3,(H2,16,17,19). The van der Waals surface area contributed by atoms with Crippen LogP contribution in [0.2, 0.25) is 0 Å². The minimum Gasteiger partial charge on any atom is -0.497 e. The zero-order chi connectivity index (χ0) is 15.2. The number of urea groups is 1. The molecule has 2 rings (SSSR count). The number of esters is 1. The highest BCUT2D eigenvalue weighted by molar-refractivity contribution is 5.94. The number of nitrogens with one attached hydrogen (secondary N) is 2. The SMILES string of the molecule is COC(=O)C1=C(NC(=O)Nc2ccc(OC)cc2)CCC1. The van der Waals surface area contributed by atoms with Gasteiger partial charge in [-0.25, -0.2) is 9.59 Å². The summed E-state index contributed by atoms with van der Waals surface area (Å²) >= 11 is 0. The van der Waals surface area contributed by atoms with Crippen molar-refractivity contribution in [1.29, 1.82) is 0 Å². The summed E-state index contributed by atoms with van der Waals surface area (Å²) in [6.07, 6.45) is 2.13. The summed E-state index contributed by atoms with van der Waals surface area (Å²) in [5.74, 6) is 0.333. The van der Waals surface area contributed by atoms with Crippen molar-refractivity contribution in [3.05, 3.63) is 35.5 Å². The van der Waals surface area contributed by atoms with Crippen LogP contribution in [0, 0.1) is 0 Å². The van der Waals surface area contributed by atoms with Crippen molar-refractivity contribution in [3.8, 4) is 5.75 Å². The largest absolute Gasteiger partial charge is 0.497 e. The molecule has 21 heavy (non-hydrogen) atoms. The number of anilines is 1. The van der Waals surface area contributed by atoms with Gasteiger partial charge in [-0.2, -0.15) is 0 Å². The number of benzene rings is 1. The Balaban J connectivity index is 1.99. The third kappa shape index (κ3) is 3.75. The number of amides is 2. The van der Waals surface area contributed by atoms with Crippen LogP contribution in [0.3, 0.4) is 0 Å². The van der Waals surface area contributed by atoms with E-state index in [4.69, 9.17) is 9.47 Å². The summed E-state index contributed by atoms with van der Waals surface area (Å²) in [5, 5.41) is 5.42. The summed E-state index contributed by atoms with van der Waals surface area (Å²) in [5.41, 5.74) is 1.82. The highest BCUT2D eigenvalue weighted by Crippen LogP contribution is 2.25. The van der Waals surface area contributed by atoms with Crippen LogP contribution in [0.4, 0.5) is 10.5 Å². The van der Waals surface area contributed by atoms with Gasteiger partial charge in [0.2, 0.25) is 0 Å². The summed E-state index contributed by atoms with van der Waals surface area (Å²) in [6.45, 7) is 0. The van der Waals surface area contributed by atoms with E-state index in [1.165, 1.54) is 7.11 Å². The molecule has 0 aliphatic heterocycles. The lowest BCUT2D eigenvalue weighted by molar-refractivity contribution is -0.136. The summed E-state index contributed by atoms with van der Waals surface area (Å²) in [7, 11) is 2.92. The Labute approximate surface area is 123 Å². The number of hydrogen-bond acceptors (Lipinski definition) is 4. The highest BCUT2D eigenvalue weighted by atomic mass is 16.5. The zero-order valence-electron chi connectivity index (χ0n) is 12.1. The molecule has 0 atom stereocenters. The molecule has 0 bridgehead atoms. The number of ether oxygens (including phenoxy) is 2. The molecule has 0 saturated carbocycles. The molecule has 1 aromatic rings. The maximum atomic E-state index is 11.9. The molecule has 0 saturated heterocycles. The monoisotopic (exact) mass is 290 g/mol. The molecule has 0 aromatic heterocycles. The Bertz CT molecular complexity index is 564. The molecule has 0 fully saturated rings. The summed E-state index contributed by atoms with van der Waals surface area (Å²) in [6, 6.07) is 6.61. The molecular formula is C15H18N2O4. The molecular weight excluding hydrogens is 272 g/mol. The number of carbonyl (C=O) groups excluding carboxylic acids is 2. The normalized spacial score (nSPS) is 13.8. The van der Waals surface area contributed by atoms with E-state index in [1.807, 2.05) is 0 Å². The maximum absolute atomic E-state index is 11.9. The predicted octanol–water partition coefficient (Wildman–Crippen LogP) is 2.43. The first-order chi connectivity index (χ1) is 10.1. The highest BCUT2D eigenvalue weighted by Gasteiger charge is 2.22. The van der Waals surface area contributed by atoms with Crippen molar-refractivity contribution in [3.63, 3.8) is 0 Å². The molecule has 1 aliphatic rings. The van der Waals surface area contributed by atoms with Crippen molar-refractivity contribution in [2.75, 3.05) is 19.5 Å². The van der Waals surface area contributed by atoms with Crippen LogP contribution in [-0.4, -0.2) is 26.2 Å². The van der Waals surface area contributed by atoms with E-state index in [1.54, 1.807) is 31.4 Å². The Hall–Kier alpha value is -2.50. The molecule has 0 spiro atoms. The predicted molar refractivity (Wildman–Crippen MR) is 78.0 cm³/mol. The van der Waals surface area contributed by atoms with Crippen molar-refractivity contribution >= 4 is 17.7 Å². The van der Waals surface area contributed by atoms with Crippen LogP contribution in [0.1, 0.15) is 19.3 Å². The van der Waals surface area contributed by atoms with E-state index in [0.29, 0.717) is 35.5 Å². The van der Waals surface area contributed by atoms with Gasteiger partial charge in [-0.15, -0.1) is 0 Å². The Morgan fingerprint density at radius 2 is 1.76 bits per heavy atom. The van der Waals surface area contributed by atoms with Crippen LogP contribution in [0.15, 0.2) is 35.5 Å². The zero-order valence-corrected chi connectivity index (χ0v) is 12.1. The number of hydrogen-bond donors (Lipinski definition) is 2. The smallest absolute Gasteiger partial charge is 0.335 e. The molecule has 0 radical (unpaired) electrons. The van der Waals surface area contributed by atoms with Gasteiger partial charge in [0.25, 0.3) is 0 Å². The minimum absolute atomic E-state index is 0.376. The molecule has 0 heterocycles. The lowest BCUT2D eigenvalue weighted by atomic mass is 10.2. The Kier molecular flexibility index (Phi) is 4.81. The number of rotatable bonds is 4. The lowest BCUT2D eigenvalue weighted by Gasteiger charge is -2.10. The minimum atomic E-state index is -0.382. The average Bonchev–Trinajstić information content (AvgIpc) is 2.95. The van der Waals surface area contributed by atoms with Crippen LogP contribution >= 0.6 is 0 Å². The van der Waals surface area contributed by atoms with E-state index in [9.17, 15) is 9.59 Å². The fourth-order valence-electron chi connectivity index (χ4n) is 2.20. The molecule has 112 valence electrons. The number of carbonyl (C=O) groups is 2. The fourth-order valence-corrected chi connectivity index (χ4v) is 2.20. The first kappa shape index (κ1) is 14.9. The van der Waals surface area contributed by atoms with E-state index in [0.717, 1.165) is 6.42 Å². The number of allylic oxidation sites excluding steroid dienone is 1. The summed E-state index contributed by atoms with van der Waals surface area (Å²) < 4.78 is 9.75. The second-order valence-corrected chi connectivity index (χ2v) is 4.61. The molecule has 6 nitrogen and oxygen atoms in total. The molecule has 2 amide bonds. The quantitative estimate of drug-likeness (QED) is 0.835. The summed E-state index contributed by atoms with van der Waals surface area (Å²) in [4.78, 5) is 23.5. The van der Waals surface area contributed by atoms with Crippen molar-refractivity contribution in [2.24, 2.45) is 0 Å². The van der Waals surface area contributed by atoms with Gasteiger partial charge in [0.1, 0.15) is 5.75 Å². The first-order valence-electron chi connectivity index (χ1n) is 6.66. The van der Waals surface area contributed by atoms with E-state index in [-0.39, 0.29) is 12.0 Å². The third-order valence-electron chi connectivity index (χ3n) is 3.26. The van der Waals surface area contributed by atoms with E-state index in [2.05, 4.69) is 10.6 Å². The molecule has 1 aromatic carbocycles. The van der Waals surface area contributed by atoms with Gasteiger partial charge in [-0.1, -0.05) is 0 Å². The van der Waals surface area contributed by atoms with Crippen molar-refractivity contribution in [1.82, 2.24) is 5.32 Å². The Morgan fingerprint density at radius 1 is 1.05 bits per heavy atom. The Morgan fingerprint density at radius 3 is 2.38 bits per heavy atom. The van der Waals surface area contributed by atoms with Crippen LogP contribution in [0.25, 0.3) is 0 Å². The molecule has 2 N–H and O–H groups in total. The topological polar surface area (TPSA) is 76.7 Å².